The summed E-state index contributed by atoms with van der Waals surface area (Å²) in [6.07, 6.45) is 0.640. The molecule has 0 saturated carbocycles. The number of benzene rings is 1. The summed E-state index contributed by atoms with van der Waals surface area (Å²) in [5, 5.41) is 0. The average Bonchev–Trinajstić information content (AvgIpc) is 2.57. The van der Waals surface area contributed by atoms with Gasteiger partial charge in [-0.05, 0) is 50.5 Å². The van der Waals surface area contributed by atoms with Gasteiger partial charge in [-0.15, -0.1) is 0 Å². The maximum Gasteiger partial charge on any atom is 0.124 e. The highest BCUT2D eigenvalue weighted by Gasteiger charge is 2.19. The van der Waals surface area contributed by atoms with Crippen molar-refractivity contribution >= 4 is 15.9 Å². The Kier molecular flexibility index (Phi) is 4.11. The van der Waals surface area contributed by atoms with Crippen molar-refractivity contribution in [2.24, 2.45) is 5.73 Å². The van der Waals surface area contributed by atoms with Gasteiger partial charge in [0.1, 0.15) is 17.3 Å². The van der Waals surface area contributed by atoms with Gasteiger partial charge < -0.3 is 10.2 Å². The van der Waals surface area contributed by atoms with E-state index in [4.69, 9.17) is 10.2 Å². The zero-order valence-corrected chi connectivity index (χ0v) is 12.8. The first kappa shape index (κ1) is 14.3. The fraction of sp³-hybridized carbons (Fsp3) is 0.333. The Morgan fingerprint density at radius 1 is 1.26 bits per heavy atom. The van der Waals surface area contributed by atoms with Crippen LogP contribution in [0.15, 0.2) is 27.1 Å². The first-order chi connectivity index (χ1) is 8.90. The number of nitrogens with two attached hydrogens (primary N) is 1. The van der Waals surface area contributed by atoms with Crippen LogP contribution >= 0.6 is 15.9 Å². The second-order valence-electron chi connectivity index (χ2n) is 4.80. The van der Waals surface area contributed by atoms with Crippen molar-refractivity contribution in [1.29, 1.82) is 0 Å². The van der Waals surface area contributed by atoms with Crippen molar-refractivity contribution in [2.45, 2.75) is 33.2 Å². The predicted molar refractivity (Wildman–Crippen MR) is 77.7 cm³/mol. The Labute approximate surface area is 120 Å². The molecule has 1 unspecified atom stereocenters. The smallest absolute Gasteiger partial charge is 0.124 e. The summed E-state index contributed by atoms with van der Waals surface area (Å²) in [4.78, 5) is 0. The number of hydrogen-bond donors (Lipinski definition) is 1. The Hall–Kier alpha value is -1.13. The SMILES string of the molecule is Cc1oc(C)c(C(N)Cc2ccc(F)cc2Br)c1C. The maximum absolute atomic E-state index is 13.1. The quantitative estimate of drug-likeness (QED) is 0.911. The lowest BCUT2D eigenvalue weighted by molar-refractivity contribution is 0.496. The molecule has 0 aliphatic rings. The van der Waals surface area contributed by atoms with Crippen LogP contribution in [-0.2, 0) is 6.42 Å². The molecule has 1 aromatic heterocycles. The lowest BCUT2D eigenvalue weighted by Crippen LogP contribution is -2.15. The zero-order valence-electron chi connectivity index (χ0n) is 11.3. The highest BCUT2D eigenvalue weighted by molar-refractivity contribution is 9.10. The second-order valence-corrected chi connectivity index (χ2v) is 5.65. The van der Waals surface area contributed by atoms with Gasteiger partial charge in [0.25, 0.3) is 0 Å². The van der Waals surface area contributed by atoms with Gasteiger partial charge >= 0.3 is 0 Å². The molecular weight excluding hydrogens is 309 g/mol. The normalized spacial score (nSPS) is 12.7. The average molecular weight is 326 g/mol. The van der Waals surface area contributed by atoms with Crippen LogP contribution in [0.1, 0.15) is 34.3 Å². The van der Waals surface area contributed by atoms with Crippen LogP contribution in [0.5, 0.6) is 0 Å². The predicted octanol–water partition coefficient (Wildman–Crippen LogP) is 4.35. The molecule has 0 aliphatic carbocycles. The fourth-order valence-corrected chi connectivity index (χ4v) is 2.89. The van der Waals surface area contributed by atoms with Crippen LogP contribution in [-0.4, -0.2) is 0 Å². The van der Waals surface area contributed by atoms with E-state index in [-0.39, 0.29) is 11.9 Å². The summed E-state index contributed by atoms with van der Waals surface area (Å²) >= 11 is 3.37. The van der Waals surface area contributed by atoms with Crippen molar-refractivity contribution in [3.63, 3.8) is 0 Å². The summed E-state index contributed by atoms with van der Waals surface area (Å²) < 4.78 is 19.4. The van der Waals surface area contributed by atoms with Gasteiger partial charge in [-0.1, -0.05) is 22.0 Å². The highest BCUT2D eigenvalue weighted by atomic mass is 79.9. The van der Waals surface area contributed by atoms with E-state index in [0.717, 1.165) is 32.7 Å². The van der Waals surface area contributed by atoms with E-state index >= 15 is 0 Å². The van der Waals surface area contributed by atoms with E-state index in [1.807, 2.05) is 20.8 Å². The topological polar surface area (TPSA) is 39.2 Å². The van der Waals surface area contributed by atoms with Gasteiger partial charge in [-0.25, -0.2) is 4.39 Å². The highest BCUT2D eigenvalue weighted by Crippen LogP contribution is 2.29. The minimum atomic E-state index is -0.254. The summed E-state index contributed by atoms with van der Waals surface area (Å²) in [6, 6.07) is 4.52. The Balaban J connectivity index is 2.28. The van der Waals surface area contributed by atoms with E-state index in [2.05, 4.69) is 15.9 Å². The van der Waals surface area contributed by atoms with Crippen molar-refractivity contribution in [3.8, 4) is 0 Å². The van der Waals surface area contributed by atoms with Gasteiger partial charge in [0.15, 0.2) is 0 Å². The molecule has 2 nitrogen and oxygen atoms in total. The molecule has 0 bridgehead atoms. The lowest BCUT2D eigenvalue weighted by atomic mass is 9.96. The molecule has 2 rings (SSSR count). The van der Waals surface area contributed by atoms with E-state index < -0.39 is 0 Å². The number of aryl methyl sites for hydroxylation is 2. The molecule has 1 aromatic carbocycles. The summed E-state index contributed by atoms with van der Waals surface area (Å²) in [6.45, 7) is 5.88. The van der Waals surface area contributed by atoms with Crippen LogP contribution in [0.4, 0.5) is 4.39 Å². The Bertz CT molecular complexity index is 606. The van der Waals surface area contributed by atoms with Gasteiger partial charge in [0.05, 0.1) is 0 Å². The summed E-state index contributed by atoms with van der Waals surface area (Å²) in [5.74, 6) is 1.51. The molecule has 0 radical (unpaired) electrons. The largest absolute Gasteiger partial charge is 0.466 e. The molecule has 2 aromatic rings. The molecule has 1 heterocycles. The van der Waals surface area contributed by atoms with Crippen molar-refractivity contribution < 1.29 is 8.81 Å². The summed E-state index contributed by atoms with van der Waals surface area (Å²) in [5.41, 5.74) is 9.42. The number of hydrogen-bond acceptors (Lipinski definition) is 2. The number of furan rings is 1. The van der Waals surface area contributed by atoms with Gasteiger partial charge in [-0.2, -0.15) is 0 Å². The maximum atomic E-state index is 13.1. The van der Waals surface area contributed by atoms with E-state index in [9.17, 15) is 4.39 Å². The monoisotopic (exact) mass is 325 g/mol. The summed E-state index contributed by atoms with van der Waals surface area (Å²) in [7, 11) is 0. The third-order valence-corrected chi connectivity index (χ3v) is 4.18. The van der Waals surface area contributed by atoms with Crippen LogP contribution < -0.4 is 5.73 Å². The Morgan fingerprint density at radius 3 is 2.47 bits per heavy atom. The number of halogens is 2. The van der Waals surface area contributed by atoms with Crippen molar-refractivity contribution in [2.75, 3.05) is 0 Å². The minimum Gasteiger partial charge on any atom is -0.466 e. The zero-order chi connectivity index (χ0) is 14.2. The van der Waals surface area contributed by atoms with Crippen LogP contribution in [0.25, 0.3) is 0 Å². The van der Waals surface area contributed by atoms with Gasteiger partial charge in [0.2, 0.25) is 0 Å². The van der Waals surface area contributed by atoms with Crippen LogP contribution in [0.2, 0.25) is 0 Å². The molecule has 0 fully saturated rings. The minimum absolute atomic E-state index is 0.154. The first-order valence-corrected chi connectivity index (χ1v) is 6.95. The van der Waals surface area contributed by atoms with Crippen molar-refractivity contribution in [1.82, 2.24) is 0 Å². The lowest BCUT2D eigenvalue weighted by Gasteiger charge is -2.13. The molecule has 0 spiro atoms. The first-order valence-electron chi connectivity index (χ1n) is 6.16. The molecule has 2 N–H and O–H groups in total. The molecule has 19 heavy (non-hydrogen) atoms. The molecule has 4 heteroatoms. The second kappa shape index (κ2) is 5.47. The molecular formula is C15H17BrFNO. The van der Waals surface area contributed by atoms with Gasteiger partial charge in [-0.3, -0.25) is 0 Å². The standard InChI is InChI=1S/C15H17BrFNO/c1-8-9(2)19-10(3)15(8)14(18)6-11-4-5-12(17)7-13(11)16/h4-5,7,14H,6,18H2,1-3H3. The number of rotatable bonds is 3. The van der Waals surface area contributed by atoms with E-state index in [1.54, 1.807) is 6.07 Å². The van der Waals surface area contributed by atoms with Gasteiger partial charge in [0, 0.05) is 16.1 Å². The third-order valence-electron chi connectivity index (χ3n) is 3.44. The molecule has 1 atom stereocenters. The van der Waals surface area contributed by atoms with Crippen molar-refractivity contribution in [3.05, 3.63) is 56.7 Å². The molecule has 0 amide bonds. The van der Waals surface area contributed by atoms with E-state index in [1.165, 1.54) is 12.1 Å². The third kappa shape index (κ3) is 2.90. The molecule has 0 aliphatic heterocycles. The fourth-order valence-electron chi connectivity index (χ4n) is 2.38. The van der Waals surface area contributed by atoms with Crippen LogP contribution in [0, 0.1) is 26.6 Å². The molecule has 0 saturated heterocycles. The van der Waals surface area contributed by atoms with Crippen LogP contribution in [0.3, 0.4) is 0 Å². The Morgan fingerprint density at radius 2 is 1.95 bits per heavy atom. The van der Waals surface area contributed by atoms with E-state index in [0.29, 0.717) is 6.42 Å². The molecule has 102 valence electrons.